The van der Waals surface area contributed by atoms with Gasteiger partial charge >= 0.3 is 5.97 Å². The van der Waals surface area contributed by atoms with Crippen LogP contribution in [0.4, 0.5) is 11.5 Å². The number of aromatic nitrogens is 3. The van der Waals surface area contributed by atoms with Crippen molar-refractivity contribution in [3.63, 3.8) is 0 Å². The van der Waals surface area contributed by atoms with E-state index in [1.165, 1.54) is 6.42 Å². The van der Waals surface area contributed by atoms with Crippen LogP contribution in [-0.4, -0.2) is 40.4 Å². The summed E-state index contributed by atoms with van der Waals surface area (Å²) in [5, 5.41) is 8.71. The van der Waals surface area contributed by atoms with Crippen LogP contribution >= 0.6 is 0 Å². The quantitative estimate of drug-likeness (QED) is 0.457. The summed E-state index contributed by atoms with van der Waals surface area (Å²) >= 11 is 0. The Morgan fingerprint density at radius 3 is 2.57 bits per heavy atom. The summed E-state index contributed by atoms with van der Waals surface area (Å²) < 4.78 is 22.6. The number of hydrogen-bond donors (Lipinski definition) is 2. The molecular formula is C27H35N5O4S. The van der Waals surface area contributed by atoms with Crippen LogP contribution in [0.25, 0.3) is 10.9 Å². The van der Waals surface area contributed by atoms with Crippen molar-refractivity contribution in [1.82, 2.24) is 19.1 Å². The van der Waals surface area contributed by atoms with Crippen LogP contribution in [0.15, 0.2) is 40.2 Å². The number of esters is 1. The number of ether oxygens (including phenoxy) is 1. The van der Waals surface area contributed by atoms with Crippen molar-refractivity contribution in [3.8, 4) is 0 Å². The van der Waals surface area contributed by atoms with Crippen molar-refractivity contribution in [2.45, 2.75) is 95.3 Å². The van der Waals surface area contributed by atoms with Gasteiger partial charge in [0.25, 0.3) is 5.56 Å². The van der Waals surface area contributed by atoms with E-state index >= 15 is 0 Å². The minimum atomic E-state index is -1.50. The minimum absolute atomic E-state index is 0.186. The van der Waals surface area contributed by atoms with E-state index in [-0.39, 0.29) is 11.6 Å². The summed E-state index contributed by atoms with van der Waals surface area (Å²) in [4.78, 5) is 29.1. The molecule has 2 N–H and O–H groups in total. The van der Waals surface area contributed by atoms with Gasteiger partial charge in [0.1, 0.15) is 27.5 Å². The third kappa shape index (κ3) is 4.84. The van der Waals surface area contributed by atoms with E-state index in [1.807, 2.05) is 49.7 Å². The Morgan fingerprint density at radius 2 is 1.86 bits per heavy atom. The molecule has 0 bridgehead atoms. The Bertz CT molecular complexity index is 1430. The number of H-pyrrole nitrogens is 1. The second-order valence-corrected chi connectivity index (χ2v) is 12.8. The second-order valence-electron chi connectivity index (χ2n) is 11.4. The highest BCUT2D eigenvalue weighted by molar-refractivity contribution is 7.83. The molecule has 1 aromatic carbocycles. The minimum Gasteiger partial charge on any atom is -0.459 e. The maximum absolute atomic E-state index is 13.3. The van der Waals surface area contributed by atoms with E-state index in [9.17, 15) is 13.8 Å². The van der Waals surface area contributed by atoms with Crippen LogP contribution in [0.1, 0.15) is 78.3 Å². The molecule has 2 aromatic heterocycles. The van der Waals surface area contributed by atoms with Gasteiger partial charge in [0.2, 0.25) is 0 Å². The summed E-state index contributed by atoms with van der Waals surface area (Å²) in [5.41, 5.74) is 0.519. The summed E-state index contributed by atoms with van der Waals surface area (Å²) in [7, 11) is -1.50. The molecule has 0 radical (unpaired) electrons. The van der Waals surface area contributed by atoms with Gasteiger partial charge in [0.05, 0.1) is 16.5 Å². The van der Waals surface area contributed by atoms with Crippen molar-refractivity contribution in [1.29, 1.82) is 0 Å². The fourth-order valence-corrected chi connectivity index (χ4v) is 6.64. The number of carbonyl (C=O) groups excluding carboxylic acids is 1. The van der Waals surface area contributed by atoms with Crippen molar-refractivity contribution in [3.05, 3.63) is 46.4 Å². The largest absolute Gasteiger partial charge is 0.459 e. The highest BCUT2D eigenvalue weighted by atomic mass is 32.2. The number of nitrogens with one attached hydrogen (secondary N) is 2. The number of carbonyl (C=O) groups is 1. The number of rotatable bonds is 5. The van der Waals surface area contributed by atoms with Gasteiger partial charge in [-0.15, -0.1) is 0 Å². The second kappa shape index (κ2) is 9.40. The lowest BCUT2D eigenvalue weighted by atomic mass is 9.95. The molecule has 1 aliphatic carbocycles. The summed E-state index contributed by atoms with van der Waals surface area (Å²) in [6.07, 6.45) is 7.33. The first-order valence-corrected chi connectivity index (χ1v) is 14.0. The van der Waals surface area contributed by atoms with Crippen LogP contribution in [0.3, 0.4) is 0 Å². The zero-order chi connectivity index (χ0) is 26.5. The average molecular weight is 526 g/mol. The first-order chi connectivity index (χ1) is 17.5. The summed E-state index contributed by atoms with van der Waals surface area (Å²) in [6.45, 7) is 9.26. The number of nitrogens with zero attached hydrogens (tertiary/aromatic N) is 3. The van der Waals surface area contributed by atoms with Crippen molar-refractivity contribution in [2.24, 2.45) is 0 Å². The molecule has 10 heteroatoms. The van der Waals surface area contributed by atoms with Crippen molar-refractivity contribution in [2.75, 3.05) is 5.32 Å². The lowest BCUT2D eigenvalue weighted by Crippen LogP contribution is -2.51. The maximum Gasteiger partial charge on any atom is 0.327 e. The van der Waals surface area contributed by atoms with Gasteiger partial charge in [-0.2, -0.15) is 9.40 Å². The van der Waals surface area contributed by atoms with Gasteiger partial charge in [0.15, 0.2) is 5.82 Å². The number of anilines is 2. The first kappa shape index (κ1) is 25.7. The van der Waals surface area contributed by atoms with Gasteiger partial charge in [-0.25, -0.2) is 4.21 Å². The number of fused-ring (bicyclic) bond motifs is 2. The topological polar surface area (TPSA) is 109 Å². The Hall–Kier alpha value is -2.98. The predicted molar refractivity (Wildman–Crippen MR) is 144 cm³/mol. The monoisotopic (exact) mass is 525 g/mol. The zero-order valence-corrected chi connectivity index (χ0v) is 22.9. The zero-order valence-electron chi connectivity index (χ0n) is 22.1. The highest BCUT2D eigenvalue weighted by Gasteiger charge is 2.45. The lowest BCUT2D eigenvalue weighted by molar-refractivity contribution is -0.165. The lowest BCUT2D eigenvalue weighted by Gasteiger charge is -2.34. The number of benzene rings is 1. The molecule has 1 atom stereocenters. The normalized spacial score (nSPS) is 19.2. The van der Waals surface area contributed by atoms with Crippen LogP contribution in [0, 0.1) is 0 Å². The third-order valence-electron chi connectivity index (χ3n) is 7.10. The number of pyridine rings is 1. The highest BCUT2D eigenvalue weighted by Crippen LogP contribution is 2.37. The van der Waals surface area contributed by atoms with E-state index in [4.69, 9.17) is 9.84 Å². The number of aromatic amines is 1. The number of hydrogen-bond acceptors (Lipinski definition) is 6. The van der Waals surface area contributed by atoms with Crippen molar-refractivity contribution < 1.29 is 13.7 Å². The van der Waals surface area contributed by atoms with Gasteiger partial charge in [-0.05, 0) is 77.3 Å². The molecular weight excluding hydrogens is 490 g/mol. The van der Waals surface area contributed by atoms with Gasteiger partial charge in [-0.1, -0.05) is 19.3 Å². The van der Waals surface area contributed by atoms with Crippen molar-refractivity contribution >= 4 is 39.4 Å². The van der Waals surface area contributed by atoms with E-state index in [2.05, 4.69) is 10.3 Å². The Morgan fingerprint density at radius 1 is 1.14 bits per heavy atom. The van der Waals surface area contributed by atoms with E-state index in [1.54, 1.807) is 24.3 Å². The molecule has 0 saturated heterocycles. The SMILES string of the molecule is CC(C)(C)OC(=O)C(C)(C)N1Cc2cc(Nc3nn(C4CCCCC4)c4cc[nH]c(=O)c34)ccc2S1=O. The maximum atomic E-state index is 13.3. The molecule has 37 heavy (non-hydrogen) atoms. The molecule has 1 saturated carbocycles. The molecule has 5 rings (SSSR count). The van der Waals surface area contributed by atoms with E-state index < -0.39 is 28.1 Å². The summed E-state index contributed by atoms with van der Waals surface area (Å²) in [5.74, 6) is 0.0888. The molecule has 1 unspecified atom stereocenters. The summed E-state index contributed by atoms with van der Waals surface area (Å²) in [6, 6.07) is 7.75. The standard InChI is InChI=1S/C27H35N5O4S/c1-26(2,3)36-25(34)27(4,5)31-16-17-15-18(11-12-21(17)37(31)35)29-23-22-20(13-14-28-24(22)33)32(30-23)19-9-7-6-8-10-19/h11-15,19H,6-10,16H2,1-5H3,(H,28,33)(H,29,30). The fourth-order valence-electron chi connectivity index (χ4n) is 5.12. The molecule has 9 nitrogen and oxygen atoms in total. The van der Waals surface area contributed by atoms with Crippen LogP contribution in [-0.2, 0) is 27.1 Å². The van der Waals surface area contributed by atoms with Gasteiger partial charge < -0.3 is 15.0 Å². The molecule has 0 spiro atoms. The molecule has 2 aliphatic rings. The molecule has 198 valence electrons. The Balaban J connectivity index is 1.43. The average Bonchev–Trinajstić information content (AvgIpc) is 3.37. The fraction of sp³-hybridized carbons (Fsp3) is 0.519. The van der Waals surface area contributed by atoms with Crippen LogP contribution in [0.2, 0.25) is 0 Å². The first-order valence-electron chi connectivity index (χ1n) is 12.9. The van der Waals surface area contributed by atoms with Gasteiger partial charge in [0, 0.05) is 18.4 Å². The Labute approximate surface area is 219 Å². The smallest absolute Gasteiger partial charge is 0.327 e. The molecule has 1 aliphatic heterocycles. The molecule has 1 fully saturated rings. The molecule has 3 heterocycles. The van der Waals surface area contributed by atoms with Crippen LogP contribution in [0.5, 0.6) is 0 Å². The van der Waals surface area contributed by atoms with Crippen LogP contribution < -0.4 is 10.9 Å². The molecule has 3 aromatic rings. The van der Waals surface area contributed by atoms with E-state index in [0.29, 0.717) is 22.6 Å². The Kier molecular flexibility index (Phi) is 6.52. The van der Waals surface area contributed by atoms with Gasteiger partial charge in [-0.3, -0.25) is 14.3 Å². The third-order valence-corrected chi connectivity index (χ3v) is 8.86. The molecule has 0 amide bonds. The van der Waals surface area contributed by atoms with E-state index in [0.717, 1.165) is 42.5 Å². The predicted octanol–water partition coefficient (Wildman–Crippen LogP) is 4.93.